The van der Waals surface area contributed by atoms with Gasteiger partial charge >= 0.3 is 12.1 Å². The van der Waals surface area contributed by atoms with Crippen LogP contribution in [0.1, 0.15) is 24.8 Å². The molecule has 1 aliphatic carbocycles. The number of rotatable bonds is 5. The molecule has 2 atom stereocenters. The van der Waals surface area contributed by atoms with Crippen molar-refractivity contribution in [2.24, 2.45) is 5.92 Å². The first-order chi connectivity index (χ1) is 16.5. The quantitative estimate of drug-likeness (QED) is 0.456. The first kappa shape index (κ1) is 25.8. The molecule has 10 heteroatoms. The van der Waals surface area contributed by atoms with Gasteiger partial charge in [-0.2, -0.15) is 13.2 Å². The van der Waals surface area contributed by atoms with Crippen LogP contribution in [0.2, 0.25) is 0 Å². The van der Waals surface area contributed by atoms with Crippen molar-refractivity contribution in [3.63, 3.8) is 0 Å². The highest BCUT2D eigenvalue weighted by Gasteiger charge is 2.46. The number of carbonyl (C=O) groups excluding carboxylic acids is 1. The highest BCUT2D eigenvalue weighted by Crippen LogP contribution is 2.49. The van der Waals surface area contributed by atoms with Crippen molar-refractivity contribution < 1.29 is 36.6 Å². The van der Waals surface area contributed by atoms with Crippen LogP contribution in [-0.2, 0) is 9.59 Å². The third-order valence-electron chi connectivity index (χ3n) is 5.43. The number of amides is 1. The molecule has 0 bridgehead atoms. The van der Waals surface area contributed by atoms with E-state index in [2.05, 4.69) is 4.98 Å². The summed E-state index contributed by atoms with van der Waals surface area (Å²) in [5.41, 5.74) is 2.92. The van der Waals surface area contributed by atoms with E-state index < -0.39 is 12.1 Å². The summed E-state index contributed by atoms with van der Waals surface area (Å²) in [6, 6.07) is 16.4. The number of para-hydroxylation sites is 1. The van der Waals surface area contributed by atoms with Crippen molar-refractivity contribution in [1.29, 1.82) is 0 Å². The van der Waals surface area contributed by atoms with Gasteiger partial charge in [0.05, 0.1) is 11.4 Å². The maximum Gasteiger partial charge on any atom is 0.490 e. The lowest BCUT2D eigenvalue weighted by Crippen LogP contribution is -2.33. The van der Waals surface area contributed by atoms with Crippen LogP contribution in [0.15, 0.2) is 66.9 Å². The van der Waals surface area contributed by atoms with E-state index >= 15 is 0 Å². The van der Waals surface area contributed by atoms with Gasteiger partial charge < -0.3 is 10.0 Å². The van der Waals surface area contributed by atoms with Gasteiger partial charge in [-0.25, -0.2) is 13.6 Å². The maximum absolute atomic E-state index is 14.1. The van der Waals surface area contributed by atoms with Gasteiger partial charge in [0.15, 0.2) is 0 Å². The molecule has 0 aliphatic heterocycles. The minimum atomic E-state index is -5.08. The van der Waals surface area contributed by atoms with Crippen LogP contribution >= 0.6 is 0 Å². The van der Waals surface area contributed by atoms with E-state index in [1.165, 1.54) is 23.1 Å². The van der Waals surface area contributed by atoms with Crippen molar-refractivity contribution >= 4 is 17.6 Å². The van der Waals surface area contributed by atoms with E-state index in [1.807, 2.05) is 19.1 Å². The molecule has 35 heavy (non-hydrogen) atoms. The lowest BCUT2D eigenvalue weighted by atomic mass is 10.1. The fourth-order valence-corrected chi connectivity index (χ4v) is 3.57. The summed E-state index contributed by atoms with van der Waals surface area (Å²) in [7, 11) is 0. The van der Waals surface area contributed by atoms with Crippen LogP contribution in [0, 0.1) is 17.6 Å². The summed E-state index contributed by atoms with van der Waals surface area (Å²) in [5.74, 6) is -3.54. The van der Waals surface area contributed by atoms with Gasteiger partial charge in [-0.05, 0) is 67.3 Å². The summed E-state index contributed by atoms with van der Waals surface area (Å²) in [6.45, 7) is 2.27. The van der Waals surface area contributed by atoms with Crippen LogP contribution in [-0.4, -0.2) is 34.7 Å². The van der Waals surface area contributed by atoms with Crippen LogP contribution in [0.4, 0.5) is 27.6 Å². The topological polar surface area (TPSA) is 70.5 Å². The summed E-state index contributed by atoms with van der Waals surface area (Å²) < 4.78 is 58.9. The van der Waals surface area contributed by atoms with Crippen molar-refractivity contribution in [2.75, 3.05) is 11.4 Å². The fraction of sp³-hybridized carbons (Fsp3) is 0.240. The SMILES string of the molecule is CCN(C(=O)[C@@H]1C[C@H]1c1ccc(-c2ccc(F)cc2)nc1)c1ccccc1F.O=C(O)C(F)(F)F. The van der Waals surface area contributed by atoms with Crippen molar-refractivity contribution in [2.45, 2.75) is 25.4 Å². The molecule has 184 valence electrons. The minimum absolute atomic E-state index is 0.0554. The molecular formula is C25H21F5N2O3. The van der Waals surface area contributed by atoms with Gasteiger partial charge in [0.2, 0.25) is 5.91 Å². The Morgan fingerprint density at radius 3 is 2.17 bits per heavy atom. The van der Waals surface area contributed by atoms with Gasteiger partial charge in [0.1, 0.15) is 11.6 Å². The third-order valence-corrected chi connectivity index (χ3v) is 5.43. The van der Waals surface area contributed by atoms with Gasteiger partial charge in [0, 0.05) is 24.2 Å². The predicted molar refractivity (Wildman–Crippen MR) is 119 cm³/mol. The van der Waals surface area contributed by atoms with Gasteiger partial charge in [-0.15, -0.1) is 0 Å². The Bertz CT molecular complexity index is 1180. The molecule has 1 fully saturated rings. The normalized spacial score (nSPS) is 16.6. The molecular weight excluding hydrogens is 471 g/mol. The number of nitrogens with zero attached hydrogens (tertiary/aromatic N) is 2. The van der Waals surface area contributed by atoms with Crippen molar-refractivity contribution in [1.82, 2.24) is 4.98 Å². The van der Waals surface area contributed by atoms with E-state index in [1.54, 1.807) is 36.5 Å². The Hall–Kier alpha value is -3.82. The smallest absolute Gasteiger partial charge is 0.475 e. The minimum Gasteiger partial charge on any atom is -0.475 e. The van der Waals surface area contributed by atoms with E-state index in [-0.39, 0.29) is 29.4 Å². The molecule has 0 spiro atoms. The number of hydrogen-bond donors (Lipinski definition) is 1. The molecule has 0 unspecified atom stereocenters. The molecule has 1 heterocycles. The Kier molecular flexibility index (Phi) is 7.83. The molecule has 2 aromatic carbocycles. The lowest BCUT2D eigenvalue weighted by Gasteiger charge is -2.21. The average molecular weight is 492 g/mol. The number of pyridine rings is 1. The Morgan fingerprint density at radius 1 is 1.03 bits per heavy atom. The zero-order valence-corrected chi connectivity index (χ0v) is 18.5. The standard InChI is InChI=1S/C23H20F2N2O.C2HF3O2/c1-2-27(22-6-4-3-5-20(22)25)23(28)19-13-18(19)16-9-12-21(26-14-16)15-7-10-17(24)11-8-15;3-2(4,5)1(6)7/h3-12,14,18-19H,2,13H2,1H3;(H,6,7)/t18-,19+;/m0./s1. The molecule has 1 aromatic heterocycles. The number of carbonyl (C=O) groups is 2. The largest absolute Gasteiger partial charge is 0.490 e. The van der Waals surface area contributed by atoms with E-state index in [0.717, 1.165) is 23.2 Å². The molecule has 3 aromatic rings. The maximum atomic E-state index is 14.1. The first-order valence-corrected chi connectivity index (χ1v) is 10.6. The zero-order chi connectivity index (χ0) is 25.8. The van der Waals surface area contributed by atoms with E-state index in [9.17, 15) is 26.7 Å². The number of carboxylic acids is 1. The molecule has 1 aliphatic rings. The number of alkyl halides is 3. The zero-order valence-electron chi connectivity index (χ0n) is 18.5. The predicted octanol–water partition coefficient (Wildman–Crippen LogP) is 5.82. The lowest BCUT2D eigenvalue weighted by molar-refractivity contribution is -0.192. The summed E-state index contributed by atoms with van der Waals surface area (Å²) >= 11 is 0. The molecule has 1 N–H and O–H groups in total. The summed E-state index contributed by atoms with van der Waals surface area (Å²) in [5, 5.41) is 7.12. The number of aromatic nitrogens is 1. The molecule has 5 nitrogen and oxygen atoms in total. The second-order valence-electron chi connectivity index (χ2n) is 7.77. The van der Waals surface area contributed by atoms with Crippen molar-refractivity contribution in [3.05, 3.63) is 84.1 Å². The second-order valence-corrected chi connectivity index (χ2v) is 7.77. The monoisotopic (exact) mass is 492 g/mol. The fourth-order valence-electron chi connectivity index (χ4n) is 3.57. The van der Waals surface area contributed by atoms with Crippen molar-refractivity contribution in [3.8, 4) is 11.3 Å². The van der Waals surface area contributed by atoms with Gasteiger partial charge in [0.25, 0.3) is 0 Å². The molecule has 1 saturated carbocycles. The highest BCUT2D eigenvalue weighted by atomic mass is 19.4. The highest BCUT2D eigenvalue weighted by molar-refractivity contribution is 5.97. The van der Waals surface area contributed by atoms with Crippen LogP contribution in [0.5, 0.6) is 0 Å². The number of anilines is 1. The molecule has 4 rings (SSSR count). The van der Waals surface area contributed by atoms with Gasteiger partial charge in [-0.3, -0.25) is 9.78 Å². The number of aliphatic carboxylic acids is 1. The first-order valence-electron chi connectivity index (χ1n) is 10.6. The Morgan fingerprint density at radius 2 is 1.66 bits per heavy atom. The Labute approximate surface area is 197 Å². The number of carboxylic acid groups (broad SMARTS) is 1. The third kappa shape index (κ3) is 6.40. The summed E-state index contributed by atoms with van der Waals surface area (Å²) in [6.07, 6.45) is -2.57. The van der Waals surface area contributed by atoms with E-state index in [0.29, 0.717) is 12.2 Å². The molecule has 1 amide bonds. The number of hydrogen-bond acceptors (Lipinski definition) is 3. The van der Waals surface area contributed by atoms with Gasteiger partial charge in [-0.1, -0.05) is 18.2 Å². The summed E-state index contributed by atoms with van der Waals surface area (Å²) in [4.78, 5) is 27.8. The van der Waals surface area contributed by atoms with Crippen LogP contribution < -0.4 is 4.90 Å². The Balaban J connectivity index is 0.000000429. The molecule has 0 radical (unpaired) electrons. The number of benzene rings is 2. The van der Waals surface area contributed by atoms with Crippen LogP contribution in [0.25, 0.3) is 11.3 Å². The second kappa shape index (κ2) is 10.6. The van der Waals surface area contributed by atoms with Crippen LogP contribution in [0.3, 0.4) is 0 Å². The number of halogens is 5. The van der Waals surface area contributed by atoms with E-state index in [4.69, 9.17) is 9.90 Å². The molecule has 0 saturated heterocycles. The average Bonchev–Trinajstić information content (AvgIpc) is 3.62.